The Labute approximate surface area is 200 Å². The smallest absolute Gasteiger partial charge is 0.243 e. The van der Waals surface area contributed by atoms with Crippen molar-refractivity contribution in [1.29, 1.82) is 0 Å². The van der Waals surface area contributed by atoms with E-state index in [0.717, 1.165) is 54.7 Å². The first-order valence-electron chi connectivity index (χ1n) is 11.6. The van der Waals surface area contributed by atoms with Crippen LogP contribution in [0, 0.1) is 17.6 Å². The Morgan fingerprint density at radius 3 is 2.85 bits per heavy atom. The summed E-state index contributed by atoms with van der Waals surface area (Å²) in [5.74, 6) is -0.325. The molecule has 7 nitrogen and oxygen atoms in total. The van der Waals surface area contributed by atoms with E-state index in [1.807, 2.05) is 0 Å². The number of benzene rings is 1. The van der Waals surface area contributed by atoms with Gasteiger partial charge in [0.25, 0.3) is 0 Å². The molecule has 5 rings (SSSR count). The summed E-state index contributed by atoms with van der Waals surface area (Å²) in [6, 6.07) is 3.28. The maximum Gasteiger partial charge on any atom is 0.243 e. The van der Waals surface area contributed by atoms with Gasteiger partial charge in [0.05, 0.1) is 31.7 Å². The maximum absolute atomic E-state index is 13.5. The van der Waals surface area contributed by atoms with Gasteiger partial charge in [-0.25, -0.2) is 18.7 Å². The molecule has 34 heavy (non-hydrogen) atoms. The molecule has 2 aromatic heterocycles. The van der Waals surface area contributed by atoms with Crippen molar-refractivity contribution in [2.75, 3.05) is 43.5 Å². The Morgan fingerprint density at radius 2 is 2.06 bits per heavy atom. The van der Waals surface area contributed by atoms with Crippen LogP contribution in [0.3, 0.4) is 0 Å². The highest BCUT2D eigenvalue weighted by Gasteiger charge is 2.25. The van der Waals surface area contributed by atoms with Crippen LogP contribution in [-0.2, 0) is 28.9 Å². The van der Waals surface area contributed by atoms with Gasteiger partial charge >= 0.3 is 0 Å². The second kappa shape index (κ2) is 9.89. The summed E-state index contributed by atoms with van der Waals surface area (Å²) in [6.07, 6.45) is 3.12. The van der Waals surface area contributed by atoms with Crippen molar-refractivity contribution in [3.63, 3.8) is 0 Å². The van der Waals surface area contributed by atoms with Crippen LogP contribution in [0.2, 0.25) is 0 Å². The summed E-state index contributed by atoms with van der Waals surface area (Å²) in [7, 11) is 0. The molecule has 1 fully saturated rings. The Morgan fingerprint density at radius 1 is 1.24 bits per heavy atom. The van der Waals surface area contributed by atoms with E-state index in [4.69, 9.17) is 14.7 Å². The van der Waals surface area contributed by atoms with E-state index in [-0.39, 0.29) is 18.1 Å². The Bertz CT molecular complexity index is 1210. The standard InChI is InChI=1S/C24H27F2N5O2S/c1-14-2-4-16-19(10-14)34-24-22(16)23(29-20(30-24)13-31-6-8-33-9-7-31)27-12-21(32)28-15-3-5-17(25)18(26)11-15/h3,5,11,14H,2,4,6-10,12-13H2,1H3,(H,28,32)(H,27,29,30)/t14-/m1/s1. The summed E-state index contributed by atoms with van der Waals surface area (Å²) in [5.41, 5.74) is 1.48. The fourth-order valence-electron chi connectivity index (χ4n) is 4.49. The number of hydrogen-bond donors (Lipinski definition) is 2. The SMILES string of the molecule is C[C@@H]1CCc2c(sc3nc(CN4CCOCC4)nc(NCC(=O)Nc4ccc(F)c(F)c4)c23)C1. The highest BCUT2D eigenvalue weighted by atomic mass is 32.1. The van der Waals surface area contributed by atoms with E-state index >= 15 is 0 Å². The van der Waals surface area contributed by atoms with Gasteiger partial charge < -0.3 is 15.4 Å². The molecule has 1 saturated heterocycles. The Balaban J connectivity index is 1.39. The minimum absolute atomic E-state index is 0.0525. The molecule has 180 valence electrons. The van der Waals surface area contributed by atoms with Crippen molar-refractivity contribution in [1.82, 2.24) is 14.9 Å². The summed E-state index contributed by atoms with van der Waals surface area (Å²) < 4.78 is 32.1. The third-order valence-corrected chi connectivity index (χ3v) is 7.44. The van der Waals surface area contributed by atoms with Crippen LogP contribution in [0.4, 0.5) is 20.3 Å². The Kier molecular flexibility index (Phi) is 6.71. The maximum atomic E-state index is 13.5. The number of nitrogens with zero attached hydrogens (tertiary/aromatic N) is 3. The molecule has 1 aliphatic heterocycles. The number of carbonyl (C=O) groups is 1. The van der Waals surface area contributed by atoms with E-state index in [0.29, 0.717) is 37.3 Å². The van der Waals surface area contributed by atoms with Crippen molar-refractivity contribution < 1.29 is 18.3 Å². The summed E-state index contributed by atoms with van der Waals surface area (Å²) >= 11 is 1.72. The zero-order valence-electron chi connectivity index (χ0n) is 19.0. The van der Waals surface area contributed by atoms with Crippen molar-refractivity contribution in [2.24, 2.45) is 5.92 Å². The number of nitrogens with one attached hydrogen (secondary N) is 2. The van der Waals surface area contributed by atoms with Crippen LogP contribution in [0.5, 0.6) is 0 Å². The van der Waals surface area contributed by atoms with E-state index in [1.54, 1.807) is 11.3 Å². The molecule has 2 aliphatic rings. The quantitative estimate of drug-likeness (QED) is 0.548. The second-order valence-corrected chi connectivity index (χ2v) is 10.0. The molecular weight excluding hydrogens is 460 g/mol. The largest absolute Gasteiger partial charge is 0.379 e. The average molecular weight is 488 g/mol. The molecule has 3 aromatic rings. The number of ether oxygens (including phenoxy) is 1. The number of aryl methyl sites for hydroxylation is 1. The topological polar surface area (TPSA) is 79.4 Å². The van der Waals surface area contributed by atoms with Gasteiger partial charge in [-0.3, -0.25) is 9.69 Å². The van der Waals surface area contributed by atoms with E-state index in [1.165, 1.54) is 16.5 Å². The third-order valence-electron chi connectivity index (χ3n) is 6.29. The van der Waals surface area contributed by atoms with Crippen LogP contribution in [0.1, 0.15) is 29.6 Å². The average Bonchev–Trinajstić information content (AvgIpc) is 3.18. The Hall–Kier alpha value is -2.69. The highest BCUT2D eigenvalue weighted by Crippen LogP contribution is 2.40. The number of carbonyl (C=O) groups excluding carboxylic acids is 1. The van der Waals surface area contributed by atoms with Gasteiger partial charge in [0.2, 0.25) is 5.91 Å². The van der Waals surface area contributed by atoms with Gasteiger partial charge in [0.15, 0.2) is 11.6 Å². The van der Waals surface area contributed by atoms with Crippen molar-refractivity contribution >= 4 is 39.0 Å². The molecule has 10 heteroatoms. The number of aromatic nitrogens is 2. The van der Waals surface area contributed by atoms with Crippen molar-refractivity contribution in [2.45, 2.75) is 32.7 Å². The summed E-state index contributed by atoms with van der Waals surface area (Å²) in [4.78, 5) is 26.8. The number of anilines is 2. The summed E-state index contributed by atoms with van der Waals surface area (Å²) in [5, 5.41) is 6.79. The first-order chi connectivity index (χ1) is 16.5. The number of fused-ring (bicyclic) bond motifs is 3. The normalized spacial score (nSPS) is 18.6. The van der Waals surface area contributed by atoms with Crippen molar-refractivity contribution in [3.8, 4) is 0 Å². The molecule has 2 N–H and O–H groups in total. The predicted octanol–water partition coefficient (Wildman–Crippen LogP) is 3.98. The van der Waals surface area contributed by atoms with Gasteiger partial charge in [-0.05, 0) is 42.9 Å². The van der Waals surface area contributed by atoms with Crippen LogP contribution < -0.4 is 10.6 Å². The van der Waals surface area contributed by atoms with Gasteiger partial charge in [0, 0.05) is 29.7 Å². The van der Waals surface area contributed by atoms with Crippen molar-refractivity contribution in [3.05, 3.63) is 46.1 Å². The number of hydrogen-bond acceptors (Lipinski definition) is 7. The van der Waals surface area contributed by atoms with Gasteiger partial charge in [-0.1, -0.05) is 6.92 Å². The lowest BCUT2D eigenvalue weighted by Gasteiger charge is -2.26. The molecule has 1 aromatic carbocycles. The first kappa shape index (κ1) is 23.1. The molecule has 1 amide bonds. The molecule has 0 saturated carbocycles. The monoisotopic (exact) mass is 487 g/mol. The molecule has 1 aliphatic carbocycles. The first-order valence-corrected chi connectivity index (χ1v) is 12.4. The lowest BCUT2D eigenvalue weighted by Crippen LogP contribution is -2.36. The van der Waals surface area contributed by atoms with Crippen LogP contribution in [0.25, 0.3) is 10.2 Å². The van der Waals surface area contributed by atoms with E-state index in [9.17, 15) is 13.6 Å². The fourth-order valence-corrected chi connectivity index (χ4v) is 5.89. The number of rotatable bonds is 6. The molecule has 0 bridgehead atoms. The fraction of sp³-hybridized carbons (Fsp3) is 0.458. The van der Waals surface area contributed by atoms with E-state index in [2.05, 4.69) is 22.5 Å². The molecule has 0 radical (unpaired) electrons. The summed E-state index contributed by atoms with van der Waals surface area (Å²) in [6.45, 7) is 5.89. The minimum atomic E-state index is -1.00. The molecule has 0 spiro atoms. The molecule has 0 unspecified atom stereocenters. The van der Waals surface area contributed by atoms with Crippen LogP contribution in [-0.4, -0.2) is 53.6 Å². The lowest BCUT2D eigenvalue weighted by molar-refractivity contribution is -0.114. The molecular formula is C24H27F2N5O2S. The zero-order chi connectivity index (χ0) is 23.7. The van der Waals surface area contributed by atoms with E-state index < -0.39 is 11.6 Å². The van der Waals surface area contributed by atoms with Crippen LogP contribution in [0.15, 0.2) is 18.2 Å². The predicted molar refractivity (Wildman–Crippen MR) is 128 cm³/mol. The van der Waals surface area contributed by atoms with Gasteiger partial charge in [0.1, 0.15) is 16.5 Å². The third kappa shape index (κ3) is 5.03. The second-order valence-electron chi connectivity index (χ2n) is 8.94. The minimum Gasteiger partial charge on any atom is -0.379 e. The number of halogens is 2. The zero-order valence-corrected chi connectivity index (χ0v) is 19.8. The number of amides is 1. The number of morpholine rings is 1. The molecule has 3 heterocycles. The highest BCUT2D eigenvalue weighted by molar-refractivity contribution is 7.19. The van der Waals surface area contributed by atoms with Crippen LogP contribution >= 0.6 is 11.3 Å². The lowest BCUT2D eigenvalue weighted by atomic mass is 9.89. The number of thiophene rings is 1. The van der Waals surface area contributed by atoms with Gasteiger partial charge in [-0.2, -0.15) is 0 Å². The molecule has 1 atom stereocenters. The van der Waals surface area contributed by atoms with Gasteiger partial charge in [-0.15, -0.1) is 11.3 Å².